The van der Waals surface area contributed by atoms with Crippen molar-refractivity contribution in [2.45, 2.75) is 25.3 Å². The Bertz CT molecular complexity index is 403. The van der Waals surface area contributed by atoms with E-state index in [1.165, 1.54) is 18.2 Å². The summed E-state index contributed by atoms with van der Waals surface area (Å²) in [6, 6.07) is 8.17. The van der Waals surface area contributed by atoms with E-state index in [4.69, 9.17) is 10.5 Å². The lowest BCUT2D eigenvalue weighted by Gasteiger charge is -2.22. The number of rotatable bonds is 2. The summed E-state index contributed by atoms with van der Waals surface area (Å²) < 4.78 is 4.79. The van der Waals surface area contributed by atoms with Gasteiger partial charge in [0.25, 0.3) is 0 Å². The highest BCUT2D eigenvalue weighted by molar-refractivity contribution is 5.73. The van der Waals surface area contributed by atoms with Gasteiger partial charge >= 0.3 is 5.97 Å². The van der Waals surface area contributed by atoms with E-state index in [1.807, 2.05) is 19.1 Å². The maximum atomic E-state index is 11.6. The molecule has 0 saturated carbocycles. The minimum Gasteiger partial charge on any atom is -0.469 e. The van der Waals surface area contributed by atoms with Crippen LogP contribution in [0.3, 0.4) is 0 Å². The molecule has 1 aromatic carbocycles. The van der Waals surface area contributed by atoms with Crippen molar-refractivity contribution in [2.75, 3.05) is 7.11 Å². The smallest absolute Gasteiger partial charge is 0.309 e. The summed E-state index contributed by atoms with van der Waals surface area (Å²) in [5, 5.41) is 0. The summed E-state index contributed by atoms with van der Waals surface area (Å²) in [6.45, 7) is 1.89. The van der Waals surface area contributed by atoms with Crippen LogP contribution in [0, 0.1) is 5.92 Å². The van der Waals surface area contributed by atoms with Gasteiger partial charge in [-0.1, -0.05) is 31.2 Å². The summed E-state index contributed by atoms with van der Waals surface area (Å²) in [5.74, 6) is -0.274. The van der Waals surface area contributed by atoms with Gasteiger partial charge in [-0.2, -0.15) is 0 Å². The lowest BCUT2D eigenvalue weighted by molar-refractivity contribution is -0.145. The topological polar surface area (TPSA) is 52.3 Å². The Kier molecular flexibility index (Phi) is 2.97. The molecular formula is C13H17NO2. The molecule has 0 spiro atoms. The van der Waals surface area contributed by atoms with Gasteiger partial charge in [-0.25, -0.2) is 0 Å². The molecule has 0 heterocycles. The molecule has 0 aliphatic heterocycles. The Balaban J connectivity index is 2.32. The maximum absolute atomic E-state index is 11.6. The van der Waals surface area contributed by atoms with Crippen LogP contribution in [0.5, 0.6) is 0 Å². The predicted octanol–water partition coefficient (Wildman–Crippen LogP) is 1.46. The highest BCUT2D eigenvalue weighted by Crippen LogP contribution is 2.37. The Morgan fingerprint density at radius 1 is 1.50 bits per heavy atom. The molecule has 0 fully saturated rings. The molecule has 0 bridgehead atoms. The predicted molar refractivity (Wildman–Crippen MR) is 62.0 cm³/mol. The van der Waals surface area contributed by atoms with Gasteiger partial charge in [0.1, 0.15) is 0 Å². The van der Waals surface area contributed by atoms with Crippen LogP contribution in [0.15, 0.2) is 24.3 Å². The number of hydrogen-bond acceptors (Lipinski definition) is 3. The van der Waals surface area contributed by atoms with Gasteiger partial charge in [-0.15, -0.1) is 0 Å². The van der Waals surface area contributed by atoms with Crippen LogP contribution in [0.25, 0.3) is 0 Å². The highest BCUT2D eigenvalue weighted by Gasteiger charge is 2.37. The van der Waals surface area contributed by atoms with E-state index in [2.05, 4.69) is 12.1 Å². The van der Waals surface area contributed by atoms with Crippen molar-refractivity contribution in [3.05, 3.63) is 35.4 Å². The summed E-state index contributed by atoms with van der Waals surface area (Å²) in [5.41, 5.74) is 8.58. The number of nitrogens with two attached hydrogens (primary N) is 1. The third-order valence-electron chi connectivity index (χ3n) is 3.44. The van der Waals surface area contributed by atoms with Crippen LogP contribution in [0.2, 0.25) is 0 Å². The number of fused-ring (bicyclic) bond motifs is 1. The number of carbonyl (C=O) groups is 1. The Morgan fingerprint density at radius 2 is 2.19 bits per heavy atom. The van der Waals surface area contributed by atoms with E-state index >= 15 is 0 Å². The Hall–Kier alpha value is -1.35. The van der Waals surface area contributed by atoms with Gasteiger partial charge in [0, 0.05) is 12.0 Å². The largest absolute Gasteiger partial charge is 0.469 e. The van der Waals surface area contributed by atoms with Crippen LogP contribution in [-0.4, -0.2) is 19.1 Å². The molecule has 86 valence electrons. The van der Waals surface area contributed by atoms with Crippen molar-refractivity contribution in [3.8, 4) is 0 Å². The molecule has 0 amide bonds. The summed E-state index contributed by atoms with van der Waals surface area (Å²) in [6.07, 6.45) is 0.849. The normalized spacial score (nSPS) is 24.9. The quantitative estimate of drug-likeness (QED) is 0.766. The third kappa shape index (κ3) is 1.71. The van der Waals surface area contributed by atoms with Crippen LogP contribution < -0.4 is 5.73 Å². The van der Waals surface area contributed by atoms with Crippen molar-refractivity contribution >= 4 is 5.97 Å². The first-order valence-corrected chi connectivity index (χ1v) is 5.56. The molecule has 1 aliphatic carbocycles. The van der Waals surface area contributed by atoms with Crippen molar-refractivity contribution in [3.63, 3.8) is 0 Å². The molecule has 0 radical (unpaired) electrons. The second kappa shape index (κ2) is 4.26. The van der Waals surface area contributed by atoms with E-state index in [0.717, 1.165) is 6.42 Å². The average Bonchev–Trinajstić information content (AvgIpc) is 2.63. The zero-order chi connectivity index (χ0) is 11.7. The number of ether oxygens (including phenoxy) is 1. The SMILES string of the molecule is COC(=O)C(C)[C@@H]1c2ccccc2CC1N. The zero-order valence-electron chi connectivity index (χ0n) is 9.64. The van der Waals surface area contributed by atoms with Crippen LogP contribution >= 0.6 is 0 Å². The monoisotopic (exact) mass is 219 g/mol. The molecular weight excluding hydrogens is 202 g/mol. The first-order valence-electron chi connectivity index (χ1n) is 5.56. The molecule has 3 nitrogen and oxygen atoms in total. The van der Waals surface area contributed by atoms with Crippen molar-refractivity contribution in [1.29, 1.82) is 0 Å². The fourth-order valence-corrected chi connectivity index (χ4v) is 2.63. The second-order valence-corrected chi connectivity index (χ2v) is 4.40. The lowest BCUT2D eigenvalue weighted by Crippen LogP contribution is -2.33. The van der Waals surface area contributed by atoms with E-state index in [1.54, 1.807) is 0 Å². The third-order valence-corrected chi connectivity index (χ3v) is 3.44. The Labute approximate surface area is 95.6 Å². The minimum absolute atomic E-state index is 0.0199. The van der Waals surface area contributed by atoms with E-state index in [-0.39, 0.29) is 23.8 Å². The molecule has 2 unspecified atom stereocenters. The fraction of sp³-hybridized carbons (Fsp3) is 0.462. The molecule has 3 atom stereocenters. The molecule has 1 aliphatic rings. The summed E-state index contributed by atoms with van der Waals surface area (Å²) >= 11 is 0. The van der Waals surface area contributed by atoms with Crippen LogP contribution in [0.1, 0.15) is 24.0 Å². The molecule has 2 N–H and O–H groups in total. The standard InChI is InChI=1S/C13H17NO2/c1-8(13(15)16-2)12-10-6-4-3-5-9(10)7-11(12)14/h3-6,8,11-12H,7,14H2,1-2H3/t8?,11?,12-/m1/s1. The lowest BCUT2D eigenvalue weighted by atomic mass is 9.86. The van der Waals surface area contributed by atoms with E-state index in [9.17, 15) is 4.79 Å². The van der Waals surface area contributed by atoms with Gasteiger partial charge in [0.15, 0.2) is 0 Å². The molecule has 0 aromatic heterocycles. The van der Waals surface area contributed by atoms with Crippen LogP contribution in [-0.2, 0) is 16.0 Å². The number of hydrogen-bond donors (Lipinski definition) is 1. The number of carbonyl (C=O) groups excluding carboxylic acids is 1. The van der Waals surface area contributed by atoms with Crippen molar-refractivity contribution in [2.24, 2.45) is 11.7 Å². The van der Waals surface area contributed by atoms with Gasteiger partial charge in [0.05, 0.1) is 13.0 Å². The maximum Gasteiger partial charge on any atom is 0.309 e. The molecule has 3 heteroatoms. The molecule has 2 rings (SSSR count). The Morgan fingerprint density at radius 3 is 2.88 bits per heavy atom. The van der Waals surface area contributed by atoms with Crippen molar-refractivity contribution < 1.29 is 9.53 Å². The number of methoxy groups -OCH3 is 1. The summed E-state index contributed by atoms with van der Waals surface area (Å²) in [7, 11) is 1.42. The highest BCUT2D eigenvalue weighted by atomic mass is 16.5. The zero-order valence-corrected chi connectivity index (χ0v) is 9.64. The fourth-order valence-electron chi connectivity index (χ4n) is 2.63. The van der Waals surface area contributed by atoms with Gasteiger partial charge in [0.2, 0.25) is 0 Å². The summed E-state index contributed by atoms with van der Waals surface area (Å²) in [4.78, 5) is 11.6. The van der Waals surface area contributed by atoms with E-state index < -0.39 is 0 Å². The molecule has 0 saturated heterocycles. The van der Waals surface area contributed by atoms with Crippen molar-refractivity contribution in [1.82, 2.24) is 0 Å². The van der Waals surface area contributed by atoms with Gasteiger partial charge in [-0.3, -0.25) is 4.79 Å². The first kappa shape index (κ1) is 11.1. The first-order chi connectivity index (χ1) is 7.65. The van der Waals surface area contributed by atoms with E-state index in [0.29, 0.717) is 0 Å². The van der Waals surface area contributed by atoms with Crippen LogP contribution in [0.4, 0.5) is 0 Å². The average molecular weight is 219 g/mol. The molecule has 16 heavy (non-hydrogen) atoms. The number of benzene rings is 1. The number of esters is 1. The molecule has 1 aromatic rings. The van der Waals surface area contributed by atoms with Gasteiger partial charge in [-0.05, 0) is 17.5 Å². The second-order valence-electron chi connectivity index (χ2n) is 4.40. The van der Waals surface area contributed by atoms with Gasteiger partial charge < -0.3 is 10.5 Å². The minimum atomic E-state index is -0.183.